The summed E-state index contributed by atoms with van der Waals surface area (Å²) in [4.78, 5) is 18.7. The molecule has 1 atom stereocenters. The molecule has 19 heavy (non-hydrogen) atoms. The van der Waals surface area contributed by atoms with Crippen molar-refractivity contribution >= 4 is 11.7 Å². The number of carbonyl (C=O) groups excluding carboxylic acids is 1. The van der Waals surface area contributed by atoms with E-state index in [0.717, 1.165) is 13.0 Å². The molecule has 0 radical (unpaired) electrons. The van der Waals surface area contributed by atoms with Crippen LogP contribution in [0.15, 0.2) is 18.3 Å². The van der Waals surface area contributed by atoms with Crippen molar-refractivity contribution in [3.05, 3.63) is 23.9 Å². The molecule has 1 aromatic rings. The predicted octanol–water partition coefficient (Wildman–Crippen LogP) is 2.77. The third kappa shape index (κ3) is 3.25. The molecule has 1 N–H and O–H groups in total. The summed E-state index contributed by atoms with van der Waals surface area (Å²) in [7, 11) is 1.89. The Balaban J connectivity index is 2.12. The highest BCUT2D eigenvalue weighted by Crippen LogP contribution is 2.35. The highest BCUT2D eigenvalue weighted by molar-refractivity contribution is 5.98. The van der Waals surface area contributed by atoms with Crippen molar-refractivity contribution in [2.24, 2.45) is 5.92 Å². The predicted molar refractivity (Wildman–Crippen MR) is 77.3 cm³/mol. The summed E-state index contributed by atoms with van der Waals surface area (Å²) in [6.45, 7) is 5.06. The molecular weight excluding hydrogens is 238 g/mol. The van der Waals surface area contributed by atoms with Crippen LogP contribution in [0.1, 0.15) is 43.5 Å². The Morgan fingerprint density at radius 3 is 2.95 bits per heavy atom. The minimum Gasteiger partial charge on any atom is -0.369 e. The van der Waals surface area contributed by atoms with Crippen LogP contribution in [0, 0.1) is 5.92 Å². The van der Waals surface area contributed by atoms with Crippen molar-refractivity contribution in [2.75, 3.05) is 18.9 Å². The molecule has 4 heteroatoms. The molecule has 0 aliphatic heterocycles. The van der Waals surface area contributed by atoms with Gasteiger partial charge in [-0.25, -0.2) is 4.98 Å². The van der Waals surface area contributed by atoms with Gasteiger partial charge in [0.05, 0.1) is 5.56 Å². The minimum absolute atomic E-state index is 0.0612. The van der Waals surface area contributed by atoms with E-state index in [9.17, 15) is 4.79 Å². The SMILES string of the molecule is CCCNc1ncccc1C(=O)N(C)C(C)C1CC1. The van der Waals surface area contributed by atoms with Crippen LogP contribution in [-0.4, -0.2) is 35.4 Å². The summed E-state index contributed by atoms with van der Waals surface area (Å²) in [6, 6.07) is 3.98. The van der Waals surface area contributed by atoms with Gasteiger partial charge in [0.2, 0.25) is 0 Å². The number of amides is 1. The molecule has 1 aliphatic rings. The summed E-state index contributed by atoms with van der Waals surface area (Å²) in [5, 5.41) is 3.22. The number of carbonyl (C=O) groups is 1. The normalized spacial score (nSPS) is 15.9. The number of hydrogen-bond acceptors (Lipinski definition) is 3. The summed E-state index contributed by atoms with van der Waals surface area (Å²) >= 11 is 0. The lowest BCUT2D eigenvalue weighted by Crippen LogP contribution is -2.36. The summed E-state index contributed by atoms with van der Waals surface area (Å²) in [5.41, 5.74) is 0.672. The van der Waals surface area contributed by atoms with Crippen molar-refractivity contribution in [3.63, 3.8) is 0 Å². The second-order valence-corrected chi connectivity index (χ2v) is 5.32. The van der Waals surface area contributed by atoms with Crippen LogP contribution in [0.3, 0.4) is 0 Å². The fourth-order valence-electron chi connectivity index (χ4n) is 2.23. The molecule has 104 valence electrons. The van der Waals surface area contributed by atoms with Crippen molar-refractivity contribution in [1.29, 1.82) is 0 Å². The third-order valence-electron chi connectivity index (χ3n) is 3.82. The lowest BCUT2D eigenvalue weighted by molar-refractivity contribution is 0.0728. The Labute approximate surface area is 115 Å². The maximum atomic E-state index is 12.5. The van der Waals surface area contributed by atoms with E-state index in [1.807, 2.05) is 24.1 Å². The second-order valence-electron chi connectivity index (χ2n) is 5.32. The molecule has 1 heterocycles. The number of pyridine rings is 1. The van der Waals surface area contributed by atoms with E-state index in [1.54, 1.807) is 6.20 Å². The molecular formula is C15H23N3O. The molecule has 0 saturated heterocycles. The Morgan fingerprint density at radius 2 is 2.32 bits per heavy atom. The van der Waals surface area contributed by atoms with Gasteiger partial charge in [-0.2, -0.15) is 0 Å². The summed E-state index contributed by atoms with van der Waals surface area (Å²) in [6.07, 6.45) is 5.22. The number of nitrogens with zero attached hydrogens (tertiary/aromatic N) is 2. The first-order valence-electron chi connectivity index (χ1n) is 7.11. The number of rotatable bonds is 6. The van der Waals surface area contributed by atoms with Crippen LogP contribution in [0.5, 0.6) is 0 Å². The number of hydrogen-bond donors (Lipinski definition) is 1. The second kappa shape index (κ2) is 6.04. The standard InChI is InChI=1S/C15H23N3O/c1-4-9-16-14-13(6-5-10-17-14)15(19)18(3)11(2)12-7-8-12/h5-6,10-12H,4,7-9H2,1-3H3,(H,16,17). The van der Waals surface area contributed by atoms with Crippen LogP contribution in [0.25, 0.3) is 0 Å². The molecule has 0 bridgehead atoms. The van der Waals surface area contributed by atoms with Gasteiger partial charge in [-0.15, -0.1) is 0 Å². The lowest BCUT2D eigenvalue weighted by atomic mass is 10.1. The van der Waals surface area contributed by atoms with Gasteiger partial charge in [-0.1, -0.05) is 6.92 Å². The van der Waals surface area contributed by atoms with E-state index >= 15 is 0 Å². The molecule has 1 aliphatic carbocycles. The Morgan fingerprint density at radius 1 is 1.58 bits per heavy atom. The van der Waals surface area contributed by atoms with E-state index in [-0.39, 0.29) is 5.91 Å². The molecule has 1 amide bonds. The van der Waals surface area contributed by atoms with Crippen molar-refractivity contribution < 1.29 is 4.79 Å². The van der Waals surface area contributed by atoms with E-state index < -0.39 is 0 Å². The molecule has 2 rings (SSSR count). The first kappa shape index (κ1) is 13.8. The van der Waals surface area contributed by atoms with Gasteiger partial charge in [0.25, 0.3) is 5.91 Å². The minimum atomic E-state index is 0.0612. The Kier molecular flexibility index (Phi) is 4.40. The van der Waals surface area contributed by atoms with E-state index in [1.165, 1.54) is 12.8 Å². The topological polar surface area (TPSA) is 45.2 Å². The molecule has 1 aromatic heterocycles. The zero-order valence-corrected chi connectivity index (χ0v) is 12.0. The van der Waals surface area contributed by atoms with Crippen molar-refractivity contribution in [3.8, 4) is 0 Å². The van der Waals surface area contributed by atoms with Gasteiger partial charge >= 0.3 is 0 Å². The van der Waals surface area contributed by atoms with E-state index in [0.29, 0.717) is 23.3 Å². The average Bonchev–Trinajstić information content (AvgIpc) is 3.27. The Hall–Kier alpha value is -1.58. The first-order chi connectivity index (χ1) is 9.15. The van der Waals surface area contributed by atoms with Gasteiger partial charge in [0.15, 0.2) is 0 Å². The van der Waals surface area contributed by atoms with Crippen molar-refractivity contribution in [2.45, 2.75) is 39.2 Å². The molecule has 1 saturated carbocycles. The van der Waals surface area contributed by atoms with Gasteiger partial charge in [-0.3, -0.25) is 4.79 Å². The van der Waals surface area contributed by atoms with Crippen LogP contribution < -0.4 is 5.32 Å². The fraction of sp³-hybridized carbons (Fsp3) is 0.600. The largest absolute Gasteiger partial charge is 0.369 e. The van der Waals surface area contributed by atoms with Gasteiger partial charge in [0, 0.05) is 25.8 Å². The Bertz CT molecular complexity index is 443. The number of nitrogens with one attached hydrogen (secondary N) is 1. The van der Waals surface area contributed by atoms with Crippen LogP contribution in [-0.2, 0) is 0 Å². The van der Waals surface area contributed by atoms with Crippen molar-refractivity contribution in [1.82, 2.24) is 9.88 Å². The van der Waals surface area contributed by atoms with Gasteiger partial charge in [0.1, 0.15) is 5.82 Å². The van der Waals surface area contributed by atoms with Gasteiger partial charge in [-0.05, 0) is 44.2 Å². The maximum absolute atomic E-state index is 12.5. The maximum Gasteiger partial charge on any atom is 0.257 e. The quantitative estimate of drug-likeness (QED) is 0.856. The summed E-state index contributed by atoms with van der Waals surface area (Å²) < 4.78 is 0. The van der Waals surface area contributed by atoms with E-state index in [2.05, 4.69) is 24.1 Å². The van der Waals surface area contributed by atoms with Gasteiger partial charge < -0.3 is 10.2 Å². The molecule has 4 nitrogen and oxygen atoms in total. The zero-order valence-electron chi connectivity index (χ0n) is 12.0. The van der Waals surface area contributed by atoms with E-state index in [4.69, 9.17) is 0 Å². The van der Waals surface area contributed by atoms with Crippen LogP contribution in [0.2, 0.25) is 0 Å². The number of anilines is 1. The fourth-order valence-corrected chi connectivity index (χ4v) is 2.23. The monoisotopic (exact) mass is 261 g/mol. The smallest absolute Gasteiger partial charge is 0.257 e. The highest BCUT2D eigenvalue weighted by Gasteiger charge is 2.33. The molecule has 0 aromatic carbocycles. The number of aromatic nitrogens is 1. The zero-order chi connectivity index (χ0) is 13.8. The lowest BCUT2D eigenvalue weighted by Gasteiger charge is -2.25. The molecule has 1 fully saturated rings. The summed E-state index contributed by atoms with van der Waals surface area (Å²) in [5.74, 6) is 1.44. The first-order valence-corrected chi connectivity index (χ1v) is 7.11. The van der Waals surface area contributed by atoms with Crippen LogP contribution >= 0.6 is 0 Å². The highest BCUT2D eigenvalue weighted by atomic mass is 16.2. The molecule has 1 unspecified atom stereocenters. The average molecular weight is 261 g/mol. The molecule has 0 spiro atoms. The van der Waals surface area contributed by atoms with Crippen LogP contribution in [0.4, 0.5) is 5.82 Å². The third-order valence-corrected chi connectivity index (χ3v) is 3.82.